The lowest BCUT2D eigenvalue weighted by Crippen LogP contribution is -2.14. The van der Waals surface area contributed by atoms with Gasteiger partial charge in [0.2, 0.25) is 0 Å². The first-order chi connectivity index (χ1) is 11.8. The Balaban J connectivity index is 1.45. The van der Waals surface area contributed by atoms with Crippen molar-refractivity contribution >= 4 is 11.2 Å². The first-order valence-electron chi connectivity index (χ1n) is 8.87. The molecule has 3 nitrogen and oxygen atoms in total. The van der Waals surface area contributed by atoms with Gasteiger partial charge in [-0.25, -0.2) is 9.50 Å². The van der Waals surface area contributed by atoms with Crippen LogP contribution in [0, 0.1) is 12.8 Å². The largest absolute Gasteiger partial charge is 0.234 e. The minimum atomic E-state index is 0.698. The van der Waals surface area contributed by atoms with Crippen LogP contribution < -0.4 is 0 Å². The normalized spacial score (nSPS) is 19.6. The van der Waals surface area contributed by atoms with Gasteiger partial charge in [-0.05, 0) is 67.7 Å². The van der Waals surface area contributed by atoms with E-state index in [2.05, 4.69) is 47.3 Å². The lowest BCUT2D eigenvalue weighted by atomic mass is 9.81. The predicted octanol–water partition coefficient (Wildman–Crippen LogP) is 4.39. The Bertz CT molecular complexity index is 964. The van der Waals surface area contributed by atoms with Crippen molar-refractivity contribution in [2.24, 2.45) is 5.92 Å². The van der Waals surface area contributed by atoms with E-state index >= 15 is 0 Å². The van der Waals surface area contributed by atoms with E-state index in [4.69, 9.17) is 0 Å². The Hall–Kier alpha value is -2.42. The minimum absolute atomic E-state index is 0.698. The van der Waals surface area contributed by atoms with Crippen molar-refractivity contribution in [3.63, 3.8) is 0 Å². The molecular weight excluding hydrogens is 294 g/mol. The molecule has 2 heterocycles. The topological polar surface area (TPSA) is 30.2 Å². The summed E-state index contributed by atoms with van der Waals surface area (Å²) in [7, 11) is 0. The molecule has 0 N–H and O–H groups in total. The number of aromatic nitrogens is 3. The number of benzene rings is 1. The number of rotatable bonds is 2. The summed E-state index contributed by atoms with van der Waals surface area (Å²) in [6.07, 6.45) is 7.85. The molecule has 1 atom stereocenters. The number of hydrogen-bond donors (Lipinski definition) is 0. The van der Waals surface area contributed by atoms with Crippen LogP contribution in [-0.4, -0.2) is 14.6 Å². The molecule has 3 heteroatoms. The number of allylic oxidation sites excluding steroid dienone is 2. The second-order valence-corrected chi connectivity index (χ2v) is 7.22. The highest BCUT2D eigenvalue weighted by Crippen LogP contribution is 2.44. The molecule has 24 heavy (non-hydrogen) atoms. The summed E-state index contributed by atoms with van der Waals surface area (Å²) in [6, 6.07) is 13.1. The maximum atomic E-state index is 4.56. The van der Waals surface area contributed by atoms with E-state index in [1.165, 1.54) is 42.5 Å². The molecule has 0 saturated carbocycles. The average Bonchev–Trinajstić information content (AvgIpc) is 3.19. The fourth-order valence-electron chi connectivity index (χ4n) is 4.49. The third-order valence-electron chi connectivity index (χ3n) is 5.58. The zero-order valence-corrected chi connectivity index (χ0v) is 14.0. The smallest absolute Gasteiger partial charge is 0.155 e. The van der Waals surface area contributed by atoms with Crippen LogP contribution >= 0.6 is 0 Å². The maximum absolute atomic E-state index is 4.56. The molecule has 0 amide bonds. The molecule has 2 aliphatic carbocycles. The second kappa shape index (κ2) is 5.30. The van der Waals surface area contributed by atoms with Crippen LogP contribution in [0.15, 0.2) is 48.2 Å². The van der Waals surface area contributed by atoms with Crippen LogP contribution in [0.25, 0.3) is 11.2 Å². The van der Waals surface area contributed by atoms with Gasteiger partial charge in [0.05, 0.1) is 6.20 Å². The molecule has 0 radical (unpaired) electrons. The van der Waals surface area contributed by atoms with Crippen LogP contribution in [0.2, 0.25) is 0 Å². The summed E-state index contributed by atoms with van der Waals surface area (Å²) in [5.41, 5.74) is 9.69. The highest BCUT2D eigenvalue weighted by Gasteiger charge is 2.28. The molecule has 0 fully saturated rings. The van der Waals surface area contributed by atoms with Crippen molar-refractivity contribution < 1.29 is 0 Å². The summed E-state index contributed by atoms with van der Waals surface area (Å²) in [4.78, 5) is 4.56. The quantitative estimate of drug-likeness (QED) is 0.702. The number of fused-ring (bicyclic) bond motifs is 3. The summed E-state index contributed by atoms with van der Waals surface area (Å²) >= 11 is 0. The highest BCUT2D eigenvalue weighted by molar-refractivity contribution is 5.77. The van der Waals surface area contributed by atoms with E-state index in [0.717, 1.165) is 17.8 Å². The lowest BCUT2D eigenvalue weighted by molar-refractivity contribution is 0.466. The van der Waals surface area contributed by atoms with E-state index in [-0.39, 0.29) is 0 Å². The predicted molar refractivity (Wildman–Crippen MR) is 95.8 cm³/mol. The van der Waals surface area contributed by atoms with Crippen molar-refractivity contribution in [3.8, 4) is 0 Å². The average molecular weight is 315 g/mol. The van der Waals surface area contributed by atoms with Crippen LogP contribution in [0.1, 0.15) is 41.8 Å². The summed E-state index contributed by atoms with van der Waals surface area (Å²) in [5, 5.41) is 4.47. The Labute approximate surface area is 142 Å². The molecule has 1 aromatic carbocycles. The first-order valence-corrected chi connectivity index (χ1v) is 8.87. The van der Waals surface area contributed by atoms with Crippen molar-refractivity contribution in [1.29, 1.82) is 0 Å². The molecule has 3 aromatic rings. The lowest BCUT2D eigenvalue weighted by Gasteiger charge is -2.24. The van der Waals surface area contributed by atoms with Crippen molar-refractivity contribution in [3.05, 3.63) is 70.7 Å². The van der Waals surface area contributed by atoms with Gasteiger partial charge in [0, 0.05) is 17.5 Å². The Morgan fingerprint density at radius 2 is 2.12 bits per heavy atom. The summed E-state index contributed by atoms with van der Waals surface area (Å²) < 4.78 is 2.01. The standard InChI is InChI=1S/C21H21N3/c1-14-10-18(24-21(23-14)8-9-22-24)11-15-6-7-17-13-16-4-2-3-5-19(16)20(17)12-15/h2-5,8-10,15H,6-7,11-13H2,1H3. The zero-order chi connectivity index (χ0) is 16.1. The zero-order valence-electron chi connectivity index (χ0n) is 14.0. The second-order valence-electron chi connectivity index (χ2n) is 7.22. The molecular formula is C21H21N3. The third kappa shape index (κ3) is 2.19. The van der Waals surface area contributed by atoms with Crippen LogP contribution in [0.3, 0.4) is 0 Å². The number of aryl methyl sites for hydroxylation is 1. The Kier molecular flexibility index (Phi) is 3.09. The van der Waals surface area contributed by atoms with Crippen molar-refractivity contribution in [2.75, 3.05) is 0 Å². The van der Waals surface area contributed by atoms with E-state index in [0.29, 0.717) is 5.92 Å². The van der Waals surface area contributed by atoms with E-state index in [1.54, 1.807) is 11.1 Å². The fraction of sp³-hybridized carbons (Fsp3) is 0.333. The third-order valence-corrected chi connectivity index (χ3v) is 5.58. The van der Waals surface area contributed by atoms with Crippen LogP contribution in [-0.2, 0) is 12.8 Å². The minimum Gasteiger partial charge on any atom is -0.234 e. The van der Waals surface area contributed by atoms with Crippen molar-refractivity contribution in [1.82, 2.24) is 14.6 Å². The van der Waals surface area contributed by atoms with Gasteiger partial charge in [0.15, 0.2) is 5.65 Å². The van der Waals surface area contributed by atoms with Crippen molar-refractivity contribution in [2.45, 2.75) is 39.0 Å². The van der Waals surface area contributed by atoms with Crippen LogP contribution in [0.4, 0.5) is 0 Å². The van der Waals surface area contributed by atoms with Gasteiger partial charge >= 0.3 is 0 Å². The summed E-state index contributed by atoms with van der Waals surface area (Å²) in [5.74, 6) is 0.698. The highest BCUT2D eigenvalue weighted by atomic mass is 15.2. The molecule has 0 aliphatic heterocycles. The molecule has 120 valence electrons. The van der Waals surface area contributed by atoms with E-state index < -0.39 is 0 Å². The monoisotopic (exact) mass is 315 g/mol. The Morgan fingerprint density at radius 3 is 3.08 bits per heavy atom. The molecule has 2 aromatic heterocycles. The summed E-state index contributed by atoms with van der Waals surface area (Å²) in [6.45, 7) is 2.07. The van der Waals surface area contributed by atoms with Gasteiger partial charge in [-0.2, -0.15) is 5.10 Å². The van der Waals surface area contributed by atoms with Gasteiger partial charge in [-0.1, -0.05) is 29.8 Å². The molecule has 2 aliphatic rings. The van der Waals surface area contributed by atoms with E-state index in [9.17, 15) is 0 Å². The molecule has 0 spiro atoms. The number of hydrogen-bond acceptors (Lipinski definition) is 2. The van der Waals surface area contributed by atoms with Gasteiger partial charge in [-0.15, -0.1) is 0 Å². The van der Waals surface area contributed by atoms with Gasteiger partial charge < -0.3 is 0 Å². The first kappa shape index (κ1) is 14.0. The SMILES string of the molecule is Cc1cc(CC2CCC3=C(C2)c2ccccc2C3)n2nccc2n1. The fourth-order valence-corrected chi connectivity index (χ4v) is 4.49. The maximum Gasteiger partial charge on any atom is 0.155 e. The molecule has 0 saturated heterocycles. The number of nitrogens with zero attached hydrogens (tertiary/aromatic N) is 3. The van der Waals surface area contributed by atoms with Gasteiger partial charge in [-0.3, -0.25) is 0 Å². The molecule has 5 rings (SSSR count). The van der Waals surface area contributed by atoms with Gasteiger partial charge in [0.1, 0.15) is 0 Å². The molecule has 0 bridgehead atoms. The van der Waals surface area contributed by atoms with Crippen LogP contribution in [0.5, 0.6) is 0 Å². The van der Waals surface area contributed by atoms with Gasteiger partial charge in [0.25, 0.3) is 0 Å². The Morgan fingerprint density at radius 1 is 1.21 bits per heavy atom. The molecule has 1 unspecified atom stereocenters. The van der Waals surface area contributed by atoms with E-state index in [1.807, 2.05) is 16.8 Å².